The van der Waals surface area contributed by atoms with Crippen molar-refractivity contribution in [2.24, 2.45) is 16.8 Å². The van der Waals surface area contributed by atoms with Gasteiger partial charge in [0.1, 0.15) is 0 Å². The summed E-state index contributed by atoms with van der Waals surface area (Å²) in [6, 6.07) is 25.3. The molecule has 1 atom stereocenters. The number of carbonyl (C=O) groups is 1. The van der Waals surface area contributed by atoms with Gasteiger partial charge in [-0.05, 0) is 60.4 Å². The van der Waals surface area contributed by atoms with Gasteiger partial charge in [0.15, 0.2) is 11.5 Å². The van der Waals surface area contributed by atoms with Gasteiger partial charge in [-0.25, -0.2) is 0 Å². The number of fused-ring (bicyclic) bond motifs is 1. The maximum Gasteiger partial charge on any atom is 0.229 e. The van der Waals surface area contributed by atoms with Crippen LogP contribution in [-0.4, -0.2) is 38.9 Å². The molecule has 1 amide bonds. The van der Waals surface area contributed by atoms with Crippen molar-refractivity contribution < 1.29 is 14.3 Å². The standard InChI is InChI=1S/C34H40N2O3/c1-38-30-22-27-18-20-35-33(29(27)23-31(30)39-2)32(26-16-10-5-11-17-26)34(37)36-21-19-28(24-12-6-3-7-13-24)25-14-8-4-9-15-25/h3-4,6-9,12-15,22-23,26,28,32H,5,10-11,16-21H2,1-2H3,(H,36,37)/t32-/m1/s1. The van der Waals surface area contributed by atoms with Crippen molar-refractivity contribution in [2.75, 3.05) is 27.3 Å². The van der Waals surface area contributed by atoms with E-state index in [1.54, 1.807) is 14.2 Å². The van der Waals surface area contributed by atoms with E-state index in [1.165, 1.54) is 36.0 Å². The zero-order valence-electron chi connectivity index (χ0n) is 23.2. The summed E-state index contributed by atoms with van der Waals surface area (Å²) in [5.41, 5.74) is 5.68. The predicted molar refractivity (Wildman–Crippen MR) is 157 cm³/mol. The van der Waals surface area contributed by atoms with Gasteiger partial charge in [0.05, 0.1) is 25.8 Å². The van der Waals surface area contributed by atoms with Crippen molar-refractivity contribution in [1.82, 2.24) is 5.32 Å². The van der Waals surface area contributed by atoms with Crippen LogP contribution in [0.2, 0.25) is 0 Å². The molecule has 0 bridgehead atoms. The Hall–Kier alpha value is -3.60. The third kappa shape index (κ3) is 6.19. The lowest BCUT2D eigenvalue weighted by atomic mass is 9.74. The molecule has 1 fully saturated rings. The fourth-order valence-corrected chi connectivity index (χ4v) is 6.39. The second-order valence-electron chi connectivity index (χ2n) is 10.7. The summed E-state index contributed by atoms with van der Waals surface area (Å²) in [5, 5.41) is 3.35. The van der Waals surface area contributed by atoms with Gasteiger partial charge in [-0.1, -0.05) is 79.9 Å². The molecule has 3 aromatic carbocycles. The number of ether oxygens (including phenoxy) is 2. The molecule has 0 radical (unpaired) electrons. The SMILES string of the molecule is COc1cc2c(cc1OC)C([C@H](C(=O)NCCC(c1ccccc1)c1ccccc1)C1CCCCC1)=NCC2. The highest BCUT2D eigenvalue weighted by Crippen LogP contribution is 2.38. The quantitative estimate of drug-likeness (QED) is 0.326. The second-order valence-corrected chi connectivity index (χ2v) is 10.7. The summed E-state index contributed by atoms with van der Waals surface area (Å²) < 4.78 is 11.2. The number of aliphatic imine (C=N–C) groups is 1. The van der Waals surface area contributed by atoms with Crippen LogP contribution in [0.3, 0.4) is 0 Å². The molecule has 1 N–H and O–H groups in total. The molecule has 1 saturated carbocycles. The van der Waals surface area contributed by atoms with Crippen LogP contribution in [0, 0.1) is 11.8 Å². The molecule has 1 aliphatic heterocycles. The average molecular weight is 525 g/mol. The van der Waals surface area contributed by atoms with Gasteiger partial charge in [-0.3, -0.25) is 9.79 Å². The van der Waals surface area contributed by atoms with Crippen molar-refractivity contribution in [3.63, 3.8) is 0 Å². The fraction of sp³-hybridized carbons (Fsp3) is 0.412. The van der Waals surface area contributed by atoms with E-state index in [9.17, 15) is 4.79 Å². The molecule has 39 heavy (non-hydrogen) atoms. The Morgan fingerprint density at radius 3 is 2.13 bits per heavy atom. The topological polar surface area (TPSA) is 59.9 Å². The number of hydrogen-bond acceptors (Lipinski definition) is 4. The number of nitrogens with zero attached hydrogens (tertiary/aromatic N) is 1. The minimum atomic E-state index is -0.255. The van der Waals surface area contributed by atoms with Crippen molar-refractivity contribution in [2.45, 2.75) is 50.9 Å². The lowest BCUT2D eigenvalue weighted by Crippen LogP contribution is -2.42. The van der Waals surface area contributed by atoms with E-state index in [2.05, 4.69) is 72.0 Å². The third-order valence-electron chi connectivity index (χ3n) is 8.38. The van der Waals surface area contributed by atoms with Crippen LogP contribution in [0.5, 0.6) is 11.5 Å². The Morgan fingerprint density at radius 1 is 0.897 bits per heavy atom. The van der Waals surface area contributed by atoms with Crippen LogP contribution in [0.15, 0.2) is 77.8 Å². The molecule has 0 unspecified atom stereocenters. The monoisotopic (exact) mass is 524 g/mol. The highest BCUT2D eigenvalue weighted by atomic mass is 16.5. The van der Waals surface area contributed by atoms with Crippen molar-refractivity contribution in [3.05, 3.63) is 95.1 Å². The number of benzene rings is 3. The summed E-state index contributed by atoms with van der Waals surface area (Å²) in [6.45, 7) is 1.31. The van der Waals surface area contributed by atoms with Crippen LogP contribution >= 0.6 is 0 Å². The Balaban J connectivity index is 1.38. The number of hydrogen-bond donors (Lipinski definition) is 1. The van der Waals surface area contributed by atoms with Crippen LogP contribution in [0.4, 0.5) is 0 Å². The van der Waals surface area contributed by atoms with Crippen LogP contribution in [-0.2, 0) is 11.2 Å². The molecule has 0 saturated heterocycles. The smallest absolute Gasteiger partial charge is 0.229 e. The molecule has 5 heteroatoms. The normalized spacial score (nSPS) is 16.2. The number of rotatable bonds is 10. The minimum absolute atomic E-state index is 0.100. The van der Waals surface area contributed by atoms with E-state index < -0.39 is 0 Å². The summed E-state index contributed by atoms with van der Waals surface area (Å²) >= 11 is 0. The average Bonchev–Trinajstić information content (AvgIpc) is 3.00. The van der Waals surface area contributed by atoms with Gasteiger partial charge in [0, 0.05) is 24.6 Å². The zero-order valence-corrected chi connectivity index (χ0v) is 23.2. The van der Waals surface area contributed by atoms with Gasteiger partial charge in [0.25, 0.3) is 0 Å². The number of methoxy groups -OCH3 is 2. The molecule has 0 spiro atoms. The molecule has 5 rings (SSSR count). The Bertz CT molecular complexity index is 1230. The maximum atomic E-state index is 14.0. The van der Waals surface area contributed by atoms with E-state index in [1.807, 2.05) is 6.07 Å². The van der Waals surface area contributed by atoms with E-state index in [-0.39, 0.29) is 17.7 Å². The highest BCUT2D eigenvalue weighted by molar-refractivity contribution is 6.14. The molecular weight excluding hydrogens is 484 g/mol. The molecule has 5 nitrogen and oxygen atoms in total. The first-order valence-corrected chi connectivity index (χ1v) is 14.4. The molecule has 2 aliphatic rings. The van der Waals surface area contributed by atoms with Gasteiger partial charge in [-0.15, -0.1) is 0 Å². The summed E-state index contributed by atoms with van der Waals surface area (Å²) in [7, 11) is 3.32. The van der Waals surface area contributed by atoms with Gasteiger partial charge >= 0.3 is 0 Å². The largest absolute Gasteiger partial charge is 0.493 e. The molecule has 3 aromatic rings. The zero-order chi connectivity index (χ0) is 27.0. The summed E-state index contributed by atoms with van der Waals surface area (Å²) in [6.07, 6.45) is 7.40. The van der Waals surface area contributed by atoms with E-state index in [0.717, 1.165) is 42.7 Å². The van der Waals surface area contributed by atoms with E-state index in [0.29, 0.717) is 24.8 Å². The molecule has 1 heterocycles. The van der Waals surface area contributed by atoms with Crippen molar-refractivity contribution in [1.29, 1.82) is 0 Å². The van der Waals surface area contributed by atoms with Gasteiger partial charge in [-0.2, -0.15) is 0 Å². The maximum absolute atomic E-state index is 14.0. The second kappa shape index (κ2) is 13.0. The summed E-state index contributed by atoms with van der Waals surface area (Å²) in [5.74, 6) is 1.78. The van der Waals surface area contributed by atoms with Crippen molar-refractivity contribution >= 4 is 11.6 Å². The fourth-order valence-electron chi connectivity index (χ4n) is 6.39. The highest BCUT2D eigenvalue weighted by Gasteiger charge is 2.36. The third-order valence-corrected chi connectivity index (χ3v) is 8.38. The van der Waals surface area contributed by atoms with Crippen molar-refractivity contribution in [3.8, 4) is 11.5 Å². The van der Waals surface area contributed by atoms with Crippen LogP contribution in [0.25, 0.3) is 0 Å². The Kier molecular flexibility index (Phi) is 8.97. The lowest BCUT2D eigenvalue weighted by Gasteiger charge is -2.33. The first-order chi connectivity index (χ1) is 19.2. The molecule has 1 aliphatic carbocycles. The number of amides is 1. The minimum Gasteiger partial charge on any atom is -0.493 e. The van der Waals surface area contributed by atoms with E-state index >= 15 is 0 Å². The van der Waals surface area contributed by atoms with E-state index in [4.69, 9.17) is 14.5 Å². The Labute approximate surface area is 232 Å². The van der Waals surface area contributed by atoms with Crippen LogP contribution in [0.1, 0.15) is 66.7 Å². The Morgan fingerprint density at radius 2 is 1.51 bits per heavy atom. The van der Waals surface area contributed by atoms with Crippen LogP contribution < -0.4 is 14.8 Å². The van der Waals surface area contributed by atoms with Gasteiger partial charge in [0.2, 0.25) is 5.91 Å². The predicted octanol–water partition coefficient (Wildman–Crippen LogP) is 6.58. The first kappa shape index (κ1) is 27.0. The lowest BCUT2D eigenvalue weighted by molar-refractivity contribution is -0.124. The molecule has 0 aromatic heterocycles. The number of carbonyl (C=O) groups excluding carboxylic acids is 1. The first-order valence-electron chi connectivity index (χ1n) is 14.4. The molecule has 204 valence electrons. The summed E-state index contributed by atoms with van der Waals surface area (Å²) in [4.78, 5) is 19.0. The van der Waals surface area contributed by atoms with Gasteiger partial charge < -0.3 is 14.8 Å². The number of nitrogens with one attached hydrogen (secondary N) is 1. The molecular formula is C34H40N2O3.